The number of esters is 1. The van der Waals surface area contributed by atoms with Crippen LogP contribution in [0.15, 0.2) is 103 Å². The Morgan fingerprint density at radius 3 is 2.44 bits per heavy atom. The third kappa shape index (κ3) is 7.07. The molecule has 8 nitrogen and oxygen atoms in total. The van der Waals surface area contributed by atoms with Crippen molar-refractivity contribution in [1.82, 2.24) is 15.3 Å². The van der Waals surface area contributed by atoms with E-state index in [9.17, 15) is 9.59 Å². The van der Waals surface area contributed by atoms with Gasteiger partial charge in [-0.3, -0.25) is 9.59 Å². The number of fused-ring (bicyclic) bond motifs is 2. The highest BCUT2D eigenvalue weighted by molar-refractivity contribution is 7.09. The zero-order chi connectivity index (χ0) is 29.4. The van der Waals surface area contributed by atoms with Crippen LogP contribution in [0.25, 0.3) is 0 Å². The summed E-state index contributed by atoms with van der Waals surface area (Å²) in [7, 11) is 0. The molecule has 3 N–H and O–H groups in total. The van der Waals surface area contributed by atoms with E-state index in [2.05, 4.69) is 44.1 Å². The van der Waals surface area contributed by atoms with Crippen LogP contribution in [0.1, 0.15) is 55.7 Å². The lowest BCUT2D eigenvalue weighted by atomic mass is 9.86. The van der Waals surface area contributed by atoms with Crippen LogP contribution >= 0.6 is 11.3 Å². The molecule has 216 valence electrons. The quantitative estimate of drug-likeness (QED) is 0.165. The molecule has 3 aromatic carbocycles. The molecule has 1 atom stereocenters. The Morgan fingerprint density at radius 1 is 0.884 bits per heavy atom. The van der Waals surface area contributed by atoms with Crippen molar-refractivity contribution < 1.29 is 14.3 Å². The molecule has 0 fully saturated rings. The minimum atomic E-state index is -0.309. The minimum absolute atomic E-state index is 0.0268. The monoisotopic (exact) mass is 589 g/mol. The van der Waals surface area contributed by atoms with Gasteiger partial charge in [-0.2, -0.15) is 0 Å². The summed E-state index contributed by atoms with van der Waals surface area (Å²) in [5.74, 6) is 0.133. The Hall–Kier alpha value is -5.02. The van der Waals surface area contributed by atoms with Gasteiger partial charge >= 0.3 is 5.97 Å². The highest BCUT2D eigenvalue weighted by Crippen LogP contribution is 2.38. The van der Waals surface area contributed by atoms with Crippen LogP contribution in [0.5, 0.6) is 0 Å². The molecule has 9 heteroatoms. The van der Waals surface area contributed by atoms with Gasteiger partial charge in [0.25, 0.3) is 5.91 Å². The van der Waals surface area contributed by atoms with E-state index >= 15 is 0 Å². The average Bonchev–Trinajstić information content (AvgIpc) is 3.48. The molecule has 1 aliphatic heterocycles. The van der Waals surface area contributed by atoms with Crippen molar-refractivity contribution in [2.45, 2.75) is 38.6 Å². The molecule has 1 unspecified atom stereocenters. The summed E-state index contributed by atoms with van der Waals surface area (Å²) >= 11 is 1.30. The molecule has 3 heterocycles. The molecule has 5 aromatic rings. The van der Waals surface area contributed by atoms with Gasteiger partial charge in [-0.1, -0.05) is 72.8 Å². The minimum Gasteiger partial charge on any atom is -0.458 e. The number of anilines is 2. The topological polar surface area (TPSA) is 105 Å². The Balaban J connectivity index is 0.997. The zero-order valence-corrected chi connectivity index (χ0v) is 24.3. The average molecular weight is 590 g/mol. The molecule has 0 radical (unpaired) electrons. The number of aromatic nitrogens is 2. The molecule has 0 saturated heterocycles. The predicted molar refractivity (Wildman–Crippen MR) is 168 cm³/mol. The predicted octanol–water partition coefficient (Wildman–Crippen LogP) is 6.27. The van der Waals surface area contributed by atoms with Crippen molar-refractivity contribution in [3.05, 3.63) is 141 Å². The molecule has 1 amide bonds. The van der Waals surface area contributed by atoms with Gasteiger partial charge in [-0.25, -0.2) is 9.97 Å². The number of hydrogen-bond donors (Lipinski definition) is 3. The lowest BCUT2D eigenvalue weighted by molar-refractivity contribution is -0.145. The first kappa shape index (κ1) is 28.1. The Kier molecular flexibility index (Phi) is 8.70. The maximum atomic E-state index is 13.0. The number of hydrogen-bond acceptors (Lipinski definition) is 8. The zero-order valence-electron chi connectivity index (χ0n) is 23.5. The van der Waals surface area contributed by atoms with E-state index in [4.69, 9.17) is 4.74 Å². The van der Waals surface area contributed by atoms with Crippen LogP contribution in [0, 0.1) is 0 Å². The highest BCUT2D eigenvalue weighted by Gasteiger charge is 2.26. The fraction of sp³-hybridized carbons (Fsp3) is 0.176. The summed E-state index contributed by atoms with van der Waals surface area (Å²) in [4.78, 5) is 34.4. The second-order valence-electron chi connectivity index (χ2n) is 10.3. The van der Waals surface area contributed by atoms with E-state index < -0.39 is 0 Å². The van der Waals surface area contributed by atoms with Crippen LogP contribution in [0.3, 0.4) is 0 Å². The number of ether oxygens (including phenoxy) is 1. The number of carbonyl (C=O) groups is 2. The number of rotatable bonds is 10. The fourth-order valence-corrected chi connectivity index (χ4v) is 5.82. The first-order valence-corrected chi connectivity index (χ1v) is 15.0. The SMILES string of the molecule is O=C(CC1c2ccccc2CNc2ccccc21)OCc1nc(C(=O)NCc2ccc(CNc3ccccn3)cc2)cs1. The molecule has 0 saturated carbocycles. The van der Waals surface area contributed by atoms with Gasteiger partial charge in [0, 0.05) is 42.8 Å². The van der Waals surface area contributed by atoms with E-state index in [1.165, 1.54) is 16.9 Å². The lowest BCUT2D eigenvalue weighted by Gasteiger charge is -2.19. The van der Waals surface area contributed by atoms with Crippen LogP contribution in [-0.4, -0.2) is 21.8 Å². The summed E-state index contributed by atoms with van der Waals surface area (Å²) in [5, 5.41) is 11.9. The third-order valence-corrected chi connectivity index (χ3v) is 8.18. The lowest BCUT2D eigenvalue weighted by Crippen LogP contribution is -2.23. The van der Waals surface area contributed by atoms with Gasteiger partial charge in [0.15, 0.2) is 0 Å². The van der Waals surface area contributed by atoms with Crippen molar-refractivity contribution in [3.63, 3.8) is 0 Å². The number of pyridine rings is 1. The first-order chi connectivity index (χ1) is 21.1. The number of para-hydroxylation sites is 1. The molecule has 0 aliphatic carbocycles. The van der Waals surface area contributed by atoms with E-state index in [1.807, 2.05) is 72.8 Å². The number of thiazole rings is 1. The van der Waals surface area contributed by atoms with Crippen LogP contribution < -0.4 is 16.0 Å². The van der Waals surface area contributed by atoms with E-state index in [-0.39, 0.29) is 30.8 Å². The van der Waals surface area contributed by atoms with Gasteiger partial charge in [0.2, 0.25) is 0 Å². The normalized spacial score (nSPS) is 13.5. The summed E-state index contributed by atoms with van der Waals surface area (Å²) in [6.07, 6.45) is 1.97. The van der Waals surface area contributed by atoms with Gasteiger partial charge in [-0.15, -0.1) is 11.3 Å². The molecule has 2 aromatic heterocycles. The van der Waals surface area contributed by atoms with Gasteiger partial charge < -0.3 is 20.7 Å². The molecule has 0 spiro atoms. The Morgan fingerprint density at radius 2 is 1.63 bits per heavy atom. The van der Waals surface area contributed by atoms with Crippen molar-refractivity contribution in [3.8, 4) is 0 Å². The van der Waals surface area contributed by atoms with E-state index in [1.54, 1.807) is 11.6 Å². The second-order valence-corrected chi connectivity index (χ2v) is 11.2. The largest absolute Gasteiger partial charge is 0.458 e. The first-order valence-electron chi connectivity index (χ1n) is 14.1. The fourth-order valence-electron chi connectivity index (χ4n) is 5.13. The summed E-state index contributed by atoms with van der Waals surface area (Å²) in [6.45, 7) is 1.78. The van der Waals surface area contributed by atoms with E-state index in [0.717, 1.165) is 33.8 Å². The van der Waals surface area contributed by atoms with Gasteiger partial charge in [0.1, 0.15) is 23.1 Å². The number of nitrogens with one attached hydrogen (secondary N) is 3. The van der Waals surface area contributed by atoms with Crippen molar-refractivity contribution >= 4 is 34.7 Å². The van der Waals surface area contributed by atoms with Crippen molar-refractivity contribution in [2.75, 3.05) is 10.6 Å². The molecular weight excluding hydrogens is 558 g/mol. The second kappa shape index (κ2) is 13.3. The van der Waals surface area contributed by atoms with Gasteiger partial charge in [-0.05, 0) is 46.0 Å². The summed E-state index contributed by atoms with van der Waals surface area (Å²) in [5.41, 5.74) is 6.81. The number of benzene rings is 3. The molecule has 1 aliphatic rings. The molecule has 0 bridgehead atoms. The van der Waals surface area contributed by atoms with E-state index in [0.29, 0.717) is 30.3 Å². The Bertz CT molecular complexity index is 1660. The molecule has 6 rings (SSSR count). The number of nitrogens with zero attached hydrogens (tertiary/aromatic N) is 2. The van der Waals surface area contributed by atoms with Crippen LogP contribution in [0.2, 0.25) is 0 Å². The summed E-state index contributed by atoms with van der Waals surface area (Å²) in [6, 6.07) is 30.0. The molecular formula is C34H31N5O3S. The van der Waals surface area contributed by atoms with Gasteiger partial charge in [0.05, 0.1) is 6.42 Å². The van der Waals surface area contributed by atoms with Crippen molar-refractivity contribution in [1.29, 1.82) is 0 Å². The number of amides is 1. The Labute approximate surface area is 254 Å². The maximum absolute atomic E-state index is 13.0. The number of carbonyl (C=O) groups excluding carboxylic acids is 2. The highest BCUT2D eigenvalue weighted by atomic mass is 32.1. The summed E-state index contributed by atoms with van der Waals surface area (Å²) < 4.78 is 5.63. The van der Waals surface area contributed by atoms with Crippen molar-refractivity contribution in [2.24, 2.45) is 0 Å². The molecule has 43 heavy (non-hydrogen) atoms. The van der Waals surface area contributed by atoms with Crippen LogP contribution in [-0.2, 0) is 35.8 Å². The standard InChI is InChI=1S/C34H31N5O3S/c40-33(17-28-26-8-2-1-7-25(26)20-36-29-10-4-3-9-27(28)29)42-21-32-39-30(22-43-32)34(41)38-19-24-14-12-23(13-15-24)18-37-31-11-5-6-16-35-31/h1-16,22,28,36H,17-21H2,(H,35,37)(H,38,41). The maximum Gasteiger partial charge on any atom is 0.307 e. The third-order valence-electron chi connectivity index (χ3n) is 7.36. The van der Waals surface area contributed by atoms with Crippen LogP contribution in [0.4, 0.5) is 11.5 Å². The smallest absolute Gasteiger partial charge is 0.307 e.